The molecule has 13 heteroatoms. The van der Waals surface area contributed by atoms with Gasteiger partial charge in [0.15, 0.2) is 0 Å². The van der Waals surface area contributed by atoms with Crippen molar-refractivity contribution in [3.63, 3.8) is 0 Å². The fourth-order valence-electron chi connectivity index (χ4n) is 5.04. The summed E-state index contributed by atoms with van der Waals surface area (Å²) in [5.41, 5.74) is 0.192. The first-order chi connectivity index (χ1) is 22.7. The minimum atomic E-state index is -1.08. The van der Waals surface area contributed by atoms with Gasteiger partial charge in [-0.05, 0) is 63.2 Å². The number of aliphatic hydroxyl groups excluding tert-OH is 1. The van der Waals surface area contributed by atoms with Crippen LogP contribution in [0.15, 0.2) is 30.3 Å². The molecule has 0 spiro atoms. The Hall–Kier alpha value is -3.32. The van der Waals surface area contributed by atoms with Crippen LogP contribution in [0.4, 0.5) is 4.79 Å². The first kappa shape index (κ1) is 43.7. The van der Waals surface area contributed by atoms with Gasteiger partial charge in [0.2, 0.25) is 23.6 Å². The van der Waals surface area contributed by atoms with E-state index in [1.807, 2.05) is 58.0 Å². The number of rotatable bonds is 19. The summed E-state index contributed by atoms with van der Waals surface area (Å²) in [5.74, 6) is -2.49. The molecule has 0 aliphatic heterocycles. The van der Waals surface area contributed by atoms with Gasteiger partial charge >= 0.3 is 6.09 Å². The van der Waals surface area contributed by atoms with E-state index in [1.165, 1.54) is 11.8 Å². The molecule has 0 bridgehead atoms. The van der Waals surface area contributed by atoms with E-state index < -0.39 is 59.7 Å². The Morgan fingerprint density at radius 3 is 1.84 bits per heavy atom. The van der Waals surface area contributed by atoms with Gasteiger partial charge in [-0.2, -0.15) is 11.8 Å². The molecule has 6 N–H and O–H groups in total. The SMILES string of the molecule is CSC[C@H](NC(=O)[C@@H](NC(=O)OC(C)(C)C)C(C)C)C(=O)N[C@@H](CC(C)C)[C@@H](O)C[C@@H](C)C(=O)N[C@H](C(=O)NCc1ccccc1)C(C)C. The fraction of sp³-hybridized carbons (Fsp3) is 0.694. The second kappa shape index (κ2) is 21.0. The van der Waals surface area contributed by atoms with Crippen molar-refractivity contribution in [3.05, 3.63) is 35.9 Å². The maximum absolute atomic E-state index is 13.6. The molecule has 0 radical (unpaired) electrons. The second-order valence-electron chi connectivity index (χ2n) is 14.8. The number of nitrogens with one attached hydrogen (secondary N) is 5. The summed E-state index contributed by atoms with van der Waals surface area (Å²) in [4.78, 5) is 65.5. The number of benzene rings is 1. The molecule has 0 saturated heterocycles. The van der Waals surface area contributed by atoms with Gasteiger partial charge in [-0.3, -0.25) is 19.2 Å². The molecule has 0 aliphatic carbocycles. The van der Waals surface area contributed by atoms with E-state index in [2.05, 4.69) is 26.6 Å². The summed E-state index contributed by atoms with van der Waals surface area (Å²) in [7, 11) is 0. The van der Waals surface area contributed by atoms with Crippen molar-refractivity contribution in [3.8, 4) is 0 Å². The van der Waals surface area contributed by atoms with Crippen LogP contribution in [0.2, 0.25) is 0 Å². The Kier molecular flexibility index (Phi) is 18.7. The molecule has 12 nitrogen and oxygen atoms in total. The molecule has 278 valence electrons. The number of carbonyl (C=O) groups excluding carboxylic acids is 5. The maximum atomic E-state index is 13.6. The topological polar surface area (TPSA) is 175 Å². The van der Waals surface area contributed by atoms with Crippen molar-refractivity contribution in [1.82, 2.24) is 26.6 Å². The number of hydrogen-bond donors (Lipinski definition) is 6. The highest BCUT2D eigenvalue weighted by Crippen LogP contribution is 2.17. The molecular formula is C36H61N5O7S. The van der Waals surface area contributed by atoms with Gasteiger partial charge in [-0.1, -0.05) is 78.8 Å². The van der Waals surface area contributed by atoms with Crippen molar-refractivity contribution in [2.24, 2.45) is 23.7 Å². The zero-order valence-electron chi connectivity index (χ0n) is 31.2. The molecule has 6 atom stereocenters. The van der Waals surface area contributed by atoms with Crippen molar-refractivity contribution < 1.29 is 33.8 Å². The largest absolute Gasteiger partial charge is 0.444 e. The highest BCUT2D eigenvalue weighted by molar-refractivity contribution is 7.98. The summed E-state index contributed by atoms with van der Waals surface area (Å²) >= 11 is 1.36. The predicted molar refractivity (Wildman–Crippen MR) is 195 cm³/mol. The summed E-state index contributed by atoms with van der Waals surface area (Å²) in [6.07, 6.45) is 0.442. The maximum Gasteiger partial charge on any atom is 0.408 e. The zero-order chi connectivity index (χ0) is 37.5. The van der Waals surface area contributed by atoms with Crippen LogP contribution in [-0.4, -0.2) is 82.7 Å². The summed E-state index contributed by atoms with van der Waals surface area (Å²) in [6.45, 7) is 18.3. The van der Waals surface area contributed by atoms with Crippen molar-refractivity contribution in [2.45, 2.75) is 124 Å². The van der Waals surface area contributed by atoms with Crippen molar-refractivity contribution >= 4 is 41.5 Å². The molecule has 0 unspecified atom stereocenters. The lowest BCUT2D eigenvalue weighted by Gasteiger charge is -2.31. The number of amides is 5. The highest BCUT2D eigenvalue weighted by Gasteiger charge is 2.33. The minimum Gasteiger partial charge on any atom is -0.444 e. The monoisotopic (exact) mass is 707 g/mol. The zero-order valence-corrected chi connectivity index (χ0v) is 32.0. The first-order valence-corrected chi connectivity index (χ1v) is 18.5. The third-order valence-corrected chi connectivity index (χ3v) is 8.37. The molecule has 0 saturated carbocycles. The minimum absolute atomic E-state index is 0.0364. The number of thioether (sulfide) groups is 1. The number of alkyl carbamates (subject to hydrolysis) is 1. The fourth-order valence-corrected chi connectivity index (χ4v) is 5.61. The van der Waals surface area contributed by atoms with E-state index in [0.717, 1.165) is 5.56 Å². The Balaban J connectivity index is 2.96. The van der Waals surface area contributed by atoms with Gasteiger partial charge < -0.3 is 36.4 Å². The number of ether oxygens (including phenoxy) is 1. The molecule has 0 fully saturated rings. The van der Waals surface area contributed by atoms with Crippen LogP contribution in [0, 0.1) is 23.7 Å². The second-order valence-corrected chi connectivity index (χ2v) is 15.7. The normalized spacial score (nSPS) is 15.4. The van der Waals surface area contributed by atoms with Crippen LogP contribution < -0.4 is 26.6 Å². The molecule has 0 aromatic heterocycles. The van der Waals surface area contributed by atoms with E-state index in [0.29, 0.717) is 13.0 Å². The van der Waals surface area contributed by atoms with Crippen LogP contribution in [0.1, 0.15) is 87.6 Å². The van der Waals surface area contributed by atoms with Crippen molar-refractivity contribution in [1.29, 1.82) is 0 Å². The molecule has 0 heterocycles. The van der Waals surface area contributed by atoms with Crippen molar-refractivity contribution in [2.75, 3.05) is 12.0 Å². The highest BCUT2D eigenvalue weighted by atomic mass is 32.2. The Labute approximate surface area is 297 Å². The van der Waals surface area contributed by atoms with Crippen LogP contribution in [0.3, 0.4) is 0 Å². The third kappa shape index (κ3) is 16.8. The Morgan fingerprint density at radius 1 is 0.755 bits per heavy atom. The number of hydrogen-bond acceptors (Lipinski definition) is 8. The Bertz CT molecular complexity index is 1210. The van der Waals surface area contributed by atoms with Gasteiger partial charge in [-0.25, -0.2) is 4.79 Å². The van der Waals surface area contributed by atoms with Crippen LogP contribution in [0.5, 0.6) is 0 Å². The average molecular weight is 708 g/mol. The Morgan fingerprint density at radius 2 is 1.33 bits per heavy atom. The summed E-state index contributed by atoms with van der Waals surface area (Å²) < 4.78 is 5.32. The lowest BCUT2D eigenvalue weighted by Crippen LogP contribution is -2.58. The van der Waals surface area contributed by atoms with E-state index in [4.69, 9.17) is 4.74 Å². The summed E-state index contributed by atoms with van der Waals surface area (Å²) in [6, 6.07) is 6.11. The van der Waals surface area contributed by atoms with E-state index in [9.17, 15) is 29.1 Å². The smallest absolute Gasteiger partial charge is 0.408 e. The lowest BCUT2D eigenvalue weighted by atomic mass is 9.91. The molecule has 1 aromatic carbocycles. The first-order valence-electron chi connectivity index (χ1n) is 17.1. The number of carbonyl (C=O) groups is 5. The van der Waals surface area contributed by atoms with Gasteiger partial charge in [0.25, 0.3) is 0 Å². The van der Waals surface area contributed by atoms with E-state index in [-0.39, 0.29) is 41.7 Å². The predicted octanol–water partition coefficient (Wildman–Crippen LogP) is 3.76. The number of aliphatic hydroxyl groups is 1. The van der Waals surface area contributed by atoms with Gasteiger partial charge in [0.1, 0.15) is 23.7 Å². The standard InChI is InChI=1S/C36H61N5O7S/c1-21(2)17-26(38-32(44)27(20-49-11)39-34(46)30(23(5)6)41-35(47)48-36(8,9)10)28(42)18-24(7)31(43)40-29(22(3)4)33(45)37-19-25-15-13-12-14-16-25/h12-16,21-24,26-30,42H,17-20H2,1-11H3,(H,37,45)(H,38,44)(H,39,46)(H,40,43)(H,41,47)/t24-,26+,27+,28+,29+,30+/m1/s1. The molecule has 1 aromatic rings. The van der Waals surface area contributed by atoms with Crippen LogP contribution >= 0.6 is 11.8 Å². The molecular weight excluding hydrogens is 646 g/mol. The molecule has 1 rings (SSSR count). The van der Waals surface area contributed by atoms with E-state index in [1.54, 1.807) is 47.8 Å². The van der Waals surface area contributed by atoms with Gasteiger partial charge in [-0.15, -0.1) is 0 Å². The molecule has 49 heavy (non-hydrogen) atoms. The average Bonchev–Trinajstić information content (AvgIpc) is 2.99. The molecule has 5 amide bonds. The van der Waals surface area contributed by atoms with Gasteiger partial charge in [0.05, 0.1) is 12.1 Å². The lowest BCUT2D eigenvalue weighted by molar-refractivity contribution is -0.133. The summed E-state index contributed by atoms with van der Waals surface area (Å²) in [5, 5.41) is 25.3. The molecule has 0 aliphatic rings. The van der Waals surface area contributed by atoms with Crippen LogP contribution in [0.25, 0.3) is 0 Å². The van der Waals surface area contributed by atoms with Crippen LogP contribution in [-0.2, 0) is 30.5 Å². The third-order valence-electron chi connectivity index (χ3n) is 7.70. The quantitative estimate of drug-likeness (QED) is 0.126. The van der Waals surface area contributed by atoms with E-state index >= 15 is 0 Å². The van der Waals surface area contributed by atoms with Gasteiger partial charge in [0, 0.05) is 18.2 Å².